The lowest BCUT2D eigenvalue weighted by molar-refractivity contribution is 0.0894. The lowest BCUT2D eigenvalue weighted by Gasteiger charge is -2.32. The van der Waals surface area contributed by atoms with Crippen LogP contribution in [0.25, 0.3) is 0 Å². The molecule has 2 aliphatic rings. The Labute approximate surface area is 165 Å². The molecule has 146 valence electrons. The van der Waals surface area contributed by atoms with E-state index in [0.29, 0.717) is 11.6 Å². The molecule has 3 heterocycles. The Morgan fingerprint density at radius 3 is 2.85 bits per heavy atom. The number of aryl methyl sites for hydroxylation is 2. The number of piperidine rings is 1. The number of amides is 1. The Morgan fingerprint density at radius 2 is 2.11 bits per heavy atom. The molecular weight excluding hydrogens is 358 g/mol. The van der Waals surface area contributed by atoms with Gasteiger partial charge in [-0.3, -0.25) is 14.4 Å². The second-order valence-corrected chi connectivity index (χ2v) is 8.89. The van der Waals surface area contributed by atoms with Gasteiger partial charge in [-0.05, 0) is 45.2 Å². The summed E-state index contributed by atoms with van der Waals surface area (Å²) in [5, 5.41) is 11.0. The summed E-state index contributed by atoms with van der Waals surface area (Å²) in [6, 6.07) is 2.02. The number of nitrogens with zero attached hydrogens (tertiary/aromatic N) is 4. The van der Waals surface area contributed by atoms with Crippen molar-refractivity contribution in [3.63, 3.8) is 0 Å². The Bertz CT molecular complexity index is 773. The molecule has 1 saturated heterocycles. The number of carbonyl (C=O) groups is 1. The van der Waals surface area contributed by atoms with Gasteiger partial charge in [-0.1, -0.05) is 12.8 Å². The van der Waals surface area contributed by atoms with Crippen molar-refractivity contribution in [1.29, 1.82) is 0 Å². The number of rotatable bonds is 5. The summed E-state index contributed by atoms with van der Waals surface area (Å²) < 4.78 is 1.74. The molecule has 1 unspecified atom stereocenters. The van der Waals surface area contributed by atoms with Crippen LogP contribution in [0.5, 0.6) is 0 Å². The molecule has 1 N–H and O–H groups in total. The molecule has 0 bridgehead atoms. The number of thiazole rings is 1. The van der Waals surface area contributed by atoms with Gasteiger partial charge in [0.05, 0.1) is 10.7 Å². The van der Waals surface area contributed by atoms with Crippen molar-refractivity contribution >= 4 is 17.2 Å². The minimum atomic E-state index is -0.0669. The fourth-order valence-electron chi connectivity index (χ4n) is 4.23. The summed E-state index contributed by atoms with van der Waals surface area (Å²) in [7, 11) is 1.86. The molecule has 0 aromatic carbocycles. The molecule has 6 nitrogen and oxygen atoms in total. The largest absolute Gasteiger partial charge is 0.347 e. The van der Waals surface area contributed by atoms with Gasteiger partial charge in [-0.25, -0.2) is 4.98 Å². The normalized spacial score (nSPS) is 21.6. The van der Waals surface area contributed by atoms with Gasteiger partial charge in [0.15, 0.2) is 0 Å². The first-order valence-electron chi connectivity index (χ1n) is 10.1. The van der Waals surface area contributed by atoms with Crippen LogP contribution in [-0.2, 0) is 13.6 Å². The molecule has 0 spiro atoms. The van der Waals surface area contributed by atoms with Gasteiger partial charge < -0.3 is 5.32 Å². The van der Waals surface area contributed by atoms with E-state index in [2.05, 4.69) is 20.7 Å². The van der Waals surface area contributed by atoms with Gasteiger partial charge in [-0.15, -0.1) is 11.3 Å². The van der Waals surface area contributed by atoms with Crippen LogP contribution in [0, 0.1) is 6.92 Å². The van der Waals surface area contributed by atoms with Crippen LogP contribution >= 0.6 is 11.3 Å². The van der Waals surface area contributed by atoms with Crippen molar-refractivity contribution in [2.45, 2.75) is 64.0 Å². The summed E-state index contributed by atoms with van der Waals surface area (Å²) in [5.74, 6) is 0.627. The first-order valence-corrected chi connectivity index (χ1v) is 10.9. The maximum absolute atomic E-state index is 12.5. The van der Waals surface area contributed by atoms with E-state index in [1.165, 1.54) is 36.4 Å². The predicted molar refractivity (Wildman–Crippen MR) is 107 cm³/mol. The zero-order valence-corrected chi connectivity index (χ0v) is 17.1. The molecule has 1 amide bonds. The summed E-state index contributed by atoms with van der Waals surface area (Å²) in [6.07, 6.45) is 7.44. The Balaban J connectivity index is 1.32. The van der Waals surface area contributed by atoms with Crippen LogP contribution in [0.15, 0.2) is 11.4 Å². The molecule has 1 aliphatic heterocycles. The SMILES string of the molecule is Cc1cc(C(=O)NC2CCCN(Cc3csc(C4CCCC4)n3)C2)nn1C. The van der Waals surface area contributed by atoms with Crippen molar-refractivity contribution in [2.24, 2.45) is 7.05 Å². The van der Waals surface area contributed by atoms with Crippen LogP contribution < -0.4 is 5.32 Å². The average Bonchev–Trinajstić information content (AvgIpc) is 3.37. The third-order valence-electron chi connectivity index (χ3n) is 5.85. The van der Waals surface area contributed by atoms with Gasteiger partial charge in [-0.2, -0.15) is 5.10 Å². The lowest BCUT2D eigenvalue weighted by Crippen LogP contribution is -2.47. The highest BCUT2D eigenvalue weighted by Gasteiger charge is 2.24. The van der Waals surface area contributed by atoms with E-state index >= 15 is 0 Å². The second kappa shape index (κ2) is 8.10. The average molecular weight is 388 g/mol. The zero-order chi connectivity index (χ0) is 18.8. The molecule has 1 aliphatic carbocycles. The van der Waals surface area contributed by atoms with E-state index in [4.69, 9.17) is 4.98 Å². The fraction of sp³-hybridized carbons (Fsp3) is 0.650. The lowest BCUT2D eigenvalue weighted by atomic mass is 10.1. The van der Waals surface area contributed by atoms with Crippen LogP contribution in [0.2, 0.25) is 0 Å². The fourth-order valence-corrected chi connectivity index (χ4v) is 5.21. The van der Waals surface area contributed by atoms with Crippen molar-refractivity contribution in [2.75, 3.05) is 13.1 Å². The van der Waals surface area contributed by atoms with Crippen molar-refractivity contribution in [3.05, 3.63) is 33.5 Å². The van der Waals surface area contributed by atoms with Crippen LogP contribution in [0.1, 0.15) is 71.3 Å². The number of hydrogen-bond donors (Lipinski definition) is 1. The Kier molecular flexibility index (Phi) is 5.59. The number of likely N-dealkylation sites (tertiary alicyclic amines) is 1. The maximum atomic E-state index is 12.5. The van der Waals surface area contributed by atoms with Gasteiger partial charge in [0.1, 0.15) is 5.69 Å². The van der Waals surface area contributed by atoms with E-state index in [1.54, 1.807) is 4.68 Å². The molecule has 1 saturated carbocycles. The first-order chi connectivity index (χ1) is 13.1. The van der Waals surface area contributed by atoms with E-state index in [0.717, 1.165) is 38.2 Å². The minimum absolute atomic E-state index is 0.0669. The van der Waals surface area contributed by atoms with E-state index in [-0.39, 0.29) is 11.9 Å². The van der Waals surface area contributed by atoms with Crippen LogP contribution in [0.4, 0.5) is 0 Å². The quantitative estimate of drug-likeness (QED) is 0.855. The highest BCUT2D eigenvalue weighted by Crippen LogP contribution is 2.35. The molecule has 1 atom stereocenters. The van der Waals surface area contributed by atoms with Crippen LogP contribution in [0.3, 0.4) is 0 Å². The van der Waals surface area contributed by atoms with Gasteiger partial charge in [0, 0.05) is 43.2 Å². The number of aromatic nitrogens is 3. The minimum Gasteiger partial charge on any atom is -0.347 e. The van der Waals surface area contributed by atoms with Crippen molar-refractivity contribution in [1.82, 2.24) is 25.0 Å². The predicted octanol–water partition coefficient (Wildman–Crippen LogP) is 3.24. The summed E-state index contributed by atoms with van der Waals surface area (Å²) >= 11 is 1.83. The third-order valence-corrected chi connectivity index (χ3v) is 6.90. The summed E-state index contributed by atoms with van der Waals surface area (Å²) in [4.78, 5) is 19.8. The van der Waals surface area contributed by atoms with E-state index in [1.807, 2.05) is 31.4 Å². The maximum Gasteiger partial charge on any atom is 0.272 e. The standard InChI is InChI=1S/C20H29N5OS/c1-14-10-18(23-24(14)2)19(26)21-16-8-5-9-25(11-16)12-17-13-27-20(22-17)15-6-3-4-7-15/h10,13,15-16H,3-9,11-12H2,1-2H3,(H,21,26). The molecule has 4 rings (SSSR count). The highest BCUT2D eigenvalue weighted by atomic mass is 32.1. The van der Waals surface area contributed by atoms with E-state index < -0.39 is 0 Å². The zero-order valence-electron chi connectivity index (χ0n) is 16.3. The first kappa shape index (κ1) is 18.6. The highest BCUT2D eigenvalue weighted by molar-refractivity contribution is 7.09. The number of carbonyl (C=O) groups excluding carboxylic acids is 1. The Morgan fingerprint density at radius 1 is 1.30 bits per heavy atom. The number of nitrogens with one attached hydrogen (secondary N) is 1. The van der Waals surface area contributed by atoms with Crippen molar-refractivity contribution < 1.29 is 4.79 Å². The third kappa shape index (κ3) is 4.41. The smallest absolute Gasteiger partial charge is 0.272 e. The molecule has 2 fully saturated rings. The molecule has 2 aromatic rings. The second-order valence-electron chi connectivity index (χ2n) is 8.00. The Hall–Kier alpha value is -1.73. The van der Waals surface area contributed by atoms with E-state index in [9.17, 15) is 4.79 Å². The number of hydrogen-bond acceptors (Lipinski definition) is 5. The molecular formula is C20H29N5OS. The molecule has 7 heteroatoms. The van der Waals surface area contributed by atoms with Gasteiger partial charge >= 0.3 is 0 Å². The van der Waals surface area contributed by atoms with Crippen LogP contribution in [-0.4, -0.2) is 44.7 Å². The summed E-state index contributed by atoms with van der Waals surface area (Å²) in [6.45, 7) is 4.80. The molecule has 0 radical (unpaired) electrons. The molecule has 2 aromatic heterocycles. The monoisotopic (exact) mass is 387 g/mol. The molecule has 27 heavy (non-hydrogen) atoms. The summed E-state index contributed by atoms with van der Waals surface area (Å²) in [5.41, 5.74) is 2.69. The van der Waals surface area contributed by atoms with Crippen molar-refractivity contribution in [3.8, 4) is 0 Å². The van der Waals surface area contributed by atoms with Gasteiger partial charge in [0.25, 0.3) is 5.91 Å². The topological polar surface area (TPSA) is 63.1 Å². The van der Waals surface area contributed by atoms with Gasteiger partial charge in [0.2, 0.25) is 0 Å².